The SMILES string of the molecule is CCC(=O)N1CCC[C@H](C(=O)N[C@H]2CCCc3ccccc32)C1. The molecule has 4 heteroatoms. The number of carbonyl (C=O) groups is 2. The molecule has 2 amide bonds. The van der Waals surface area contributed by atoms with Gasteiger partial charge in [-0.15, -0.1) is 0 Å². The summed E-state index contributed by atoms with van der Waals surface area (Å²) < 4.78 is 0. The van der Waals surface area contributed by atoms with Gasteiger partial charge in [0.1, 0.15) is 0 Å². The summed E-state index contributed by atoms with van der Waals surface area (Å²) in [6.07, 6.45) is 5.55. The molecule has 0 bridgehead atoms. The van der Waals surface area contributed by atoms with Gasteiger partial charge in [-0.2, -0.15) is 0 Å². The van der Waals surface area contributed by atoms with Crippen molar-refractivity contribution in [2.75, 3.05) is 13.1 Å². The fraction of sp³-hybridized carbons (Fsp3) is 0.579. The molecule has 1 N–H and O–H groups in total. The van der Waals surface area contributed by atoms with Crippen molar-refractivity contribution < 1.29 is 9.59 Å². The standard InChI is InChI=1S/C19H26N2O2/c1-2-18(22)21-12-6-9-15(13-21)19(23)20-17-11-5-8-14-7-3-4-10-16(14)17/h3-4,7,10,15,17H,2,5-6,8-9,11-13H2,1H3,(H,20,23)/t15-,17-/m0/s1. The smallest absolute Gasteiger partial charge is 0.225 e. The first-order valence-electron chi connectivity index (χ1n) is 8.85. The van der Waals surface area contributed by atoms with Crippen molar-refractivity contribution >= 4 is 11.8 Å². The van der Waals surface area contributed by atoms with Gasteiger partial charge in [0.15, 0.2) is 0 Å². The van der Waals surface area contributed by atoms with Crippen molar-refractivity contribution in [1.82, 2.24) is 10.2 Å². The van der Waals surface area contributed by atoms with E-state index in [0.29, 0.717) is 13.0 Å². The second kappa shape index (κ2) is 7.16. The van der Waals surface area contributed by atoms with Crippen molar-refractivity contribution in [3.05, 3.63) is 35.4 Å². The molecule has 1 fully saturated rings. The third-order valence-corrected chi connectivity index (χ3v) is 5.13. The number of hydrogen-bond donors (Lipinski definition) is 1. The van der Waals surface area contributed by atoms with Crippen molar-refractivity contribution in [3.8, 4) is 0 Å². The van der Waals surface area contributed by atoms with Crippen LogP contribution in [0, 0.1) is 5.92 Å². The maximum atomic E-state index is 12.7. The molecule has 4 nitrogen and oxygen atoms in total. The van der Waals surface area contributed by atoms with Crippen LogP contribution >= 0.6 is 0 Å². The highest BCUT2D eigenvalue weighted by Gasteiger charge is 2.30. The van der Waals surface area contributed by atoms with E-state index in [1.165, 1.54) is 11.1 Å². The van der Waals surface area contributed by atoms with Crippen LogP contribution in [-0.2, 0) is 16.0 Å². The first-order valence-corrected chi connectivity index (χ1v) is 8.85. The van der Waals surface area contributed by atoms with Crippen LogP contribution in [-0.4, -0.2) is 29.8 Å². The van der Waals surface area contributed by atoms with Crippen LogP contribution in [0.5, 0.6) is 0 Å². The van der Waals surface area contributed by atoms with Crippen molar-refractivity contribution in [1.29, 1.82) is 0 Å². The minimum absolute atomic E-state index is 0.0617. The van der Waals surface area contributed by atoms with E-state index in [9.17, 15) is 9.59 Å². The summed E-state index contributed by atoms with van der Waals surface area (Å²) in [5.74, 6) is 0.208. The summed E-state index contributed by atoms with van der Waals surface area (Å²) in [6, 6.07) is 8.54. The lowest BCUT2D eigenvalue weighted by atomic mass is 9.87. The van der Waals surface area contributed by atoms with E-state index in [2.05, 4.69) is 23.5 Å². The molecule has 0 saturated carbocycles. The summed E-state index contributed by atoms with van der Waals surface area (Å²) in [6.45, 7) is 3.25. The average Bonchev–Trinajstić information content (AvgIpc) is 2.61. The van der Waals surface area contributed by atoms with Crippen molar-refractivity contribution in [2.24, 2.45) is 5.92 Å². The molecule has 2 aliphatic rings. The molecule has 0 unspecified atom stereocenters. The van der Waals surface area contributed by atoms with E-state index in [0.717, 1.165) is 38.6 Å². The molecule has 1 aromatic rings. The van der Waals surface area contributed by atoms with Gasteiger partial charge in [0.2, 0.25) is 11.8 Å². The van der Waals surface area contributed by atoms with Gasteiger partial charge < -0.3 is 10.2 Å². The van der Waals surface area contributed by atoms with Crippen LogP contribution in [0.2, 0.25) is 0 Å². The van der Waals surface area contributed by atoms with Crippen LogP contribution < -0.4 is 5.32 Å². The Labute approximate surface area is 138 Å². The van der Waals surface area contributed by atoms with E-state index in [-0.39, 0.29) is 23.8 Å². The molecule has 1 aliphatic carbocycles. The van der Waals surface area contributed by atoms with Crippen LogP contribution in [0.1, 0.15) is 56.2 Å². The van der Waals surface area contributed by atoms with E-state index >= 15 is 0 Å². The van der Waals surface area contributed by atoms with Gasteiger partial charge in [-0.05, 0) is 43.2 Å². The van der Waals surface area contributed by atoms with E-state index in [1.54, 1.807) is 0 Å². The Kier molecular flexibility index (Phi) is 4.99. The first-order chi connectivity index (χ1) is 11.2. The first kappa shape index (κ1) is 16.0. The quantitative estimate of drug-likeness (QED) is 0.932. The Morgan fingerprint density at radius 1 is 1.22 bits per heavy atom. The summed E-state index contributed by atoms with van der Waals surface area (Å²) in [4.78, 5) is 26.4. The van der Waals surface area contributed by atoms with Crippen LogP contribution in [0.25, 0.3) is 0 Å². The highest BCUT2D eigenvalue weighted by molar-refractivity contribution is 5.81. The zero-order valence-corrected chi connectivity index (χ0v) is 13.9. The Hall–Kier alpha value is -1.84. The number of nitrogens with one attached hydrogen (secondary N) is 1. The van der Waals surface area contributed by atoms with Crippen LogP contribution in [0.4, 0.5) is 0 Å². The largest absolute Gasteiger partial charge is 0.349 e. The second-order valence-electron chi connectivity index (χ2n) is 6.68. The van der Waals surface area contributed by atoms with Gasteiger partial charge in [-0.3, -0.25) is 9.59 Å². The topological polar surface area (TPSA) is 49.4 Å². The fourth-order valence-corrected chi connectivity index (χ4v) is 3.83. The normalized spacial score (nSPS) is 24.0. The molecular formula is C19H26N2O2. The molecule has 1 saturated heterocycles. The number of amides is 2. The highest BCUT2D eigenvalue weighted by Crippen LogP contribution is 2.30. The lowest BCUT2D eigenvalue weighted by molar-refractivity contribution is -0.135. The predicted octanol–water partition coefficient (Wildman–Crippen LogP) is 2.83. The predicted molar refractivity (Wildman–Crippen MR) is 89.9 cm³/mol. The second-order valence-corrected chi connectivity index (χ2v) is 6.68. The van der Waals surface area contributed by atoms with Gasteiger partial charge >= 0.3 is 0 Å². The van der Waals surface area contributed by atoms with Crippen LogP contribution in [0.15, 0.2) is 24.3 Å². The maximum absolute atomic E-state index is 12.7. The minimum Gasteiger partial charge on any atom is -0.349 e. The minimum atomic E-state index is -0.0617. The number of fused-ring (bicyclic) bond motifs is 1. The average molecular weight is 314 g/mol. The molecule has 3 rings (SSSR count). The summed E-state index contributed by atoms with van der Waals surface area (Å²) >= 11 is 0. The lowest BCUT2D eigenvalue weighted by Crippen LogP contribution is -2.46. The molecule has 124 valence electrons. The van der Waals surface area contributed by atoms with E-state index in [4.69, 9.17) is 0 Å². The number of rotatable bonds is 3. The maximum Gasteiger partial charge on any atom is 0.225 e. The number of piperidine rings is 1. The van der Waals surface area contributed by atoms with Gasteiger partial charge in [0.05, 0.1) is 12.0 Å². The molecule has 0 spiro atoms. The molecule has 0 radical (unpaired) electrons. The summed E-state index contributed by atoms with van der Waals surface area (Å²) in [7, 11) is 0. The zero-order chi connectivity index (χ0) is 16.2. The summed E-state index contributed by atoms with van der Waals surface area (Å²) in [5, 5.41) is 3.25. The molecule has 1 aliphatic heterocycles. The molecular weight excluding hydrogens is 288 g/mol. The van der Waals surface area contributed by atoms with Gasteiger partial charge in [-0.25, -0.2) is 0 Å². The zero-order valence-electron chi connectivity index (χ0n) is 13.9. The molecule has 2 atom stereocenters. The van der Waals surface area contributed by atoms with Crippen LogP contribution in [0.3, 0.4) is 0 Å². The van der Waals surface area contributed by atoms with E-state index in [1.807, 2.05) is 17.9 Å². The van der Waals surface area contributed by atoms with Gasteiger partial charge in [0, 0.05) is 19.5 Å². The highest BCUT2D eigenvalue weighted by atomic mass is 16.2. The summed E-state index contributed by atoms with van der Waals surface area (Å²) in [5.41, 5.74) is 2.62. The van der Waals surface area contributed by atoms with Crippen molar-refractivity contribution in [3.63, 3.8) is 0 Å². The number of likely N-dealkylation sites (tertiary alicyclic amines) is 1. The lowest BCUT2D eigenvalue weighted by Gasteiger charge is -2.34. The molecule has 23 heavy (non-hydrogen) atoms. The molecule has 1 aromatic carbocycles. The molecule has 1 heterocycles. The monoisotopic (exact) mass is 314 g/mol. The Balaban J connectivity index is 1.64. The number of hydrogen-bond acceptors (Lipinski definition) is 2. The Morgan fingerprint density at radius 3 is 2.87 bits per heavy atom. The van der Waals surface area contributed by atoms with E-state index < -0.39 is 0 Å². The fourth-order valence-electron chi connectivity index (χ4n) is 3.83. The third-order valence-electron chi connectivity index (χ3n) is 5.13. The van der Waals surface area contributed by atoms with Gasteiger partial charge in [-0.1, -0.05) is 31.2 Å². The van der Waals surface area contributed by atoms with Gasteiger partial charge in [0.25, 0.3) is 0 Å². The Bertz CT molecular complexity index is 584. The van der Waals surface area contributed by atoms with Crippen molar-refractivity contribution in [2.45, 2.75) is 51.5 Å². The molecule has 0 aromatic heterocycles. The number of carbonyl (C=O) groups excluding carboxylic acids is 2. The third kappa shape index (κ3) is 3.57. The number of aryl methyl sites for hydroxylation is 1. The Morgan fingerprint density at radius 2 is 2.04 bits per heavy atom. The number of nitrogens with zero attached hydrogens (tertiary/aromatic N) is 1. The number of benzene rings is 1.